The Hall–Kier alpha value is -1.39. The van der Waals surface area contributed by atoms with E-state index >= 15 is 0 Å². The molecule has 2 rings (SSSR count). The van der Waals surface area contributed by atoms with E-state index in [0.29, 0.717) is 0 Å². The Labute approximate surface area is 116 Å². The topological polar surface area (TPSA) is 42.2 Å². The second kappa shape index (κ2) is 5.98. The number of pyridine rings is 1. The Morgan fingerprint density at radius 1 is 1.22 bits per heavy atom. The Balaban J connectivity index is 2.06. The van der Waals surface area contributed by atoms with Crippen molar-refractivity contribution in [1.82, 2.24) is 9.88 Å². The van der Waals surface area contributed by atoms with Crippen molar-refractivity contribution in [2.45, 2.75) is 13.1 Å². The first-order valence-electron chi connectivity index (χ1n) is 5.77. The minimum atomic E-state index is 0.808. The van der Waals surface area contributed by atoms with Crippen molar-refractivity contribution in [3.8, 4) is 0 Å². The van der Waals surface area contributed by atoms with Crippen LogP contribution < -0.4 is 5.73 Å². The monoisotopic (exact) mass is 305 g/mol. The van der Waals surface area contributed by atoms with Gasteiger partial charge in [0.1, 0.15) is 0 Å². The smallest absolute Gasteiger partial charge is 0.0371 e. The number of hydrogen-bond donors (Lipinski definition) is 1. The fourth-order valence-corrected chi connectivity index (χ4v) is 2.38. The van der Waals surface area contributed by atoms with Gasteiger partial charge < -0.3 is 5.73 Å². The summed E-state index contributed by atoms with van der Waals surface area (Å²) in [6, 6.07) is 9.93. The van der Waals surface area contributed by atoms with Gasteiger partial charge in [0, 0.05) is 41.2 Å². The van der Waals surface area contributed by atoms with Crippen molar-refractivity contribution in [2.75, 3.05) is 12.8 Å². The molecule has 0 spiro atoms. The first-order chi connectivity index (χ1) is 8.66. The maximum atomic E-state index is 5.99. The molecule has 0 aliphatic heterocycles. The zero-order valence-electron chi connectivity index (χ0n) is 10.3. The third-order valence-corrected chi connectivity index (χ3v) is 3.50. The van der Waals surface area contributed by atoms with Gasteiger partial charge in [0.25, 0.3) is 0 Å². The lowest BCUT2D eigenvalue weighted by Gasteiger charge is -2.18. The molecule has 1 heterocycles. The van der Waals surface area contributed by atoms with E-state index in [9.17, 15) is 0 Å². The number of nitrogens with two attached hydrogens (primary N) is 1. The quantitative estimate of drug-likeness (QED) is 0.883. The van der Waals surface area contributed by atoms with Crippen molar-refractivity contribution < 1.29 is 0 Å². The van der Waals surface area contributed by atoms with Gasteiger partial charge in [-0.15, -0.1) is 0 Å². The largest absolute Gasteiger partial charge is 0.398 e. The SMILES string of the molecule is CN(Cc1cccnc1)Cc1c(N)cccc1Br. The minimum Gasteiger partial charge on any atom is -0.398 e. The van der Waals surface area contributed by atoms with Crippen molar-refractivity contribution in [3.05, 3.63) is 58.3 Å². The molecule has 2 N–H and O–H groups in total. The molecular weight excluding hydrogens is 290 g/mol. The van der Waals surface area contributed by atoms with E-state index in [0.717, 1.165) is 28.8 Å². The molecule has 0 saturated carbocycles. The summed E-state index contributed by atoms with van der Waals surface area (Å²) in [4.78, 5) is 6.34. The molecule has 3 nitrogen and oxygen atoms in total. The highest BCUT2D eigenvalue weighted by Gasteiger charge is 2.08. The molecule has 1 aromatic heterocycles. The van der Waals surface area contributed by atoms with E-state index in [1.165, 1.54) is 5.56 Å². The summed E-state index contributed by atoms with van der Waals surface area (Å²) >= 11 is 3.54. The number of rotatable bonds is 4. The number of anilines is 1. The molecule has 0 bridgehead atoms. The second-order valence-corrected chi connectivity index (χ2v) is 5.20. The summed E-state index contributed by atoms with van der Waals surface area (Å²) in [6.07, 6.45) is 3.68. The highest BCUT2D eigenvalue weighted by molar-refractivity contribution is 9.10. The van der Waals surface area contributed by atoms with E-state index in [1.807, 2.05) is 30.5 Å². The van der Waals surface area contributed by atoms with Crippen molar-refractivity contribution in [1.29, 1.82) is 0 Å². The van der Waals surface area contributed by atoms with Gasteiger partial charge in [-0.05, 0) is 30.8 Å². The lowest BCUT2D eigenvalue weighted by atomic mass is 10.1. The molecule has 0 aliphatic rings. The molecule has 0 saturated heterocycles. The fraction of sp³-hybridized carbons (Fsp3) is 0.214. The third-order valence-electron chi connectivity index (χ3n) is 2.76. The van der Waals surface area contributed by atoms with E-state index in [4.69, 9.17) is 5.73 Å². The van der Waals surface area contributed by atoms with Crippen LogP contribution in [-0.2, 0) is 13.1 Å². The van der Waals surface area contributed by atoms with Gasteiger partial charge in [-0.3, -0.25) is 9.88 Å². The molecule has 94 valence electrons. The summed E-state index contributed by atoms with van der Waals surface area (Å²) in [5, 5.41) is 0. The van der Waals surface area contributed by atoms with Gasteiger partial charge in [-0.1, -0.05) is 28.1 Å². The Bertz CT molecular complexity index is 493. The summed E-state index contributed by atoms with van der Waals surface area (Å²) in [5.41, 5.74) is 9.14. The van der Waals surface area contributed by atoms with E-state index in [1.54, 1.807) is 6.20 Å². The number of nitrogen functional groups attached to an aromatic ring is 1. The zero-order valence-corrected chi connectivity index (χ0v) is 11.9. The Morgan fingerprint density at radius 3 is 2.72 bits per heavy atom. The highest BCUT2D eigenvalue weighted by Crippen LogP contribution is 2.24. The van der Waals surface area contributed by atoms with Crippen molar-refractivity contribution >= 4 is 21.6 Å². The zero-order chi connectivity index (χ0) is 13.0. The van der Waals surface area contributed by atoms with Crippen LogP contribution >= 0.6 is 15.9 Å². The van der Waals surface area contributed by atoms with Crippen LogP contribution in [0.2, 0.25) is 0 Å². The molecule has 18 heavy (non-hydrogen) atoms. The van der Waals surface area contributed by atoms with Crippen LogP contribution in [0.15, 0.2) is 47.2 Å². The van der Waals surface area contributed by atoms with Gasteiger partial charge in [-0.2, -0.15) is 0 Å². The first-order valence-corrected chi connectivity index (χ1v) is 6.56. The third kappa shape index (κ3) is 3.31. The highest BCUT2D eigenvalue weighted by atomic mass is 79.9. The van der Waals surface area contributed by atoms with Crippen LogP contribution in [0.25, 0.3) is 0 Å². The lowest BCUT2D eigenvalue weighted by molar-refractivity contribution is 0.318. The van der Waals surface area contributed by atoms with Crippen LogP contribution in [0.1, 0.15) is 11.1 Å². The molecule has 1 aromatic carbocycles. The van der Waals surface area contributed by atoms with Gasteiger partial charge in [0.05, 0.1) is 0 Å². The van der Waals surface area contributed by atoms with Crippen LogP contribution in [0.5, 0.6) is 0 Å². The lowest BCUT2D eigenvalue weighted by Crippen LogP contribution is -2.18. The normalized spacial score (nSPS) is 10.8. The molecule has 0 unspecified atom stereocenters. The average Bonchev–Trinajstić information content (AvgIpc) is 2.35. The molecule has 2 aromatic rings. The van der Waals surface area contributed by atoms with E-state index in [2.05, 4.69) is 38.9 Å². The summed E-state index contributed by atoms with van der Waals surface area (Å²) in [5.74, 6) is 0. The number of hydrogen-bond acceptors (Lipinski definition) is 3. The Kier molecular flexibility index (Phi) is 4.33. The standard InChI is InChI=1S/C14H16BrN3/c1-18(9-11-4-3-7-17-8-11)10-12-13(15)5-2-6-14(12)16/h2-8H,9-10,16H2,1H3. The molecule has 4 heteroatoms. The molecular formula is C14H16BrN3. The minimum absolute atomic E-state index is 0.808. The summed E-state index contributed by atoms with van der Waals surface area (Å²) < 4.78 is 1.06. The molecule has 0 fully saturated rings. The Morgan fingerprint density at radius 2 is 2.06 bits per heavy atom. The van der Waals surface area contributed by atoms with Gasteiger partial charge >= 0.3 is 0 Å². The maximum Gasteiger partial charge on any atom is 0.0371 e. The molecule has 0 amide bonds. The summed E-state index contributed by atoms with van der Waals surface area (Å²) in [7, 11) is 2.08. The van der Waals surface area contributed by atoms with Crippen LogP contribution in [0.4, 0.5) is 5.69 Å². The predicted octanol–water partition coefficient (Wildman–Crippen LogP) is 3.06. The molecule has 0 aliphatic carbocycles. The van der Waals surface area contributed by atoms with Crippen molar-refractivity contribution in [3.63, 3.8) is 0 Å². The maximum absolute atomic E-state index is 5.99. The summed E-state index contributed by atoms with van der Waals surface area (Å²) in [6.45, 7) is 1.66. The van der Waals surface area contributed by atoms with E-state index < -0.39 is 0 Å². The van der Waals surface area contributed by atoms with Gasteiger partial charge in [0.15, 0.2) is 0 Å². The molecule has 0 radical (unpaired) electrons. The van der Waals surface area contributed by atoms with Crippen LogP contribution in [-0.4, -0.2) is 16.9 Å². The fourth-order valence-electron chi connectivity index (χ4n) is 1.87. The van der Waals surface area contributed by atoms with Crippen molar-refractivity contribution in [2.24, 2.45) is 0 Å². The van der Waals surface area contributed by atoms with Gasteiger partial charge in [0.2, 0.25) is 0 Å². The number of benzene rings is 1. The number of aromatic nitrogens is 1. The predicted molar refractivity (Wildman–Crippen MR) is 78.0 cm³/mol. The van der Waals surface area contributed by atoms with Gasteiger partial charge in [-0.25, -0.2) is 0 Å². The van der Waals surface area contributed by atoms with Crippen LogP contribution in [0.3, 0.4) is 0 Å². The van der Waals surface area contributed by atoms with Crippen LogP contribution in [0, 0.1) is 0 Å². The first kappa shape index (κ1) is 13.1. The average molecular weight is 306 g/mol. The van der Waals surface area contributed by atoms with E-state index in [-0.39, 0.29) is 0 Å². The molecule has 0 atom stereocenters. The second-order valence-electron chi connectivity index (χ2n) is 4.34. The number of nitrogens with zero attached hydrogens (tertiary/aromatic N) is 2. The number of halogens is 1.